The summed E-state index contributed by atoms with van der Waals surface area (Å²) in [7, 11) is 0. The summed E-state index contributed by atoms with van der Waals surface area (Å²) in [5, 5.41) is 2.84. The van der Waals surface area contributed by atoms with E-state index in [1.807, 2.05) is 25.1 Å². The van der Waals surface area contributed by atoms with Crippen LogP contribution in [0.5, 0.6) is 5.75 Å². The Hall–Kier alpha value is -2.82. The van der Waals surface area contributed by atoms with Crippen LogP contribution in [-0.2, 0) is 4.79 Å². The van der Waals surface area contributed by atoms with Gasteiger partial charge in [0.25, 0.3) is 11.8 Å². The third kappa shape index (κ3) is 2.65. The summed E-state index contributed by atoms with van der Waals surface area (Å²) < 4.78 is 5.41. The van der Waals surface area contributed by atoms with Gasteiger partial charge in [0, 0.05) is 17.8 Å². The van der Waals surface area contributed by atoms with Gasteiger partial charge < -0.3 is 15.0 Å². The van der Waals surface area contributed by atoms with Crippen molar-refractivity contribution in [3.8, 4) is 5.75 Å². The number of nitrogens with one attached hydrogen (secondary N) is 1. The van der Waals surface area contributed by atoms with Gasteiger partial charge in [0.2, 0.25) is 0 Å². The molecular weight excluding hydrogens is 280 g/mol. The van der Waals surface area contributed by atoms with Crippen LogP contribution in [-0.4, -0.2) is 25.0 Å². The Morgan fingerprint density at radius 3 is 2.73 bits per heavy atom. The van der Waals surface area contributed by atoms with Crippen LogP contribution in [0.1, 0.15) is 17.3 Å². The molecule has 0 bridgehead atoms. The van der Waals surface area contributed by atoms with Crippen molar-refractivity contribution in [2.24, 2.45) is 0 Å². The van der Waals surface area contributed by atoms with Crippen molar-refractivity contribution in [3.63, 3.8) is 0 Å². The Morgan fingerprint density at radius 1 is 1.23 bits per heavy atom. The fourth-order valence-corrected chi connectivity index (χ4v) is 2.42. The first kappa shape index (κ1) is 14.1. The van der Waals surface area contributed by atoms with E-state index in [2.05, 4.69) is 5.32 Å². The van der Waals surface area contributed by atoms with Gasteiger partial charge in [-0.1, -0.05) is 18.2 Å². The highest BCUT2D eigenvalue weighted by molar-refractivity contribution is 6.05. The standard InChI is InChI=1S/C17H16N2O3/c1-2-19-14-10-13(8-9-15(14)22-11-16(19)20)18-17(21)12-6-4-3-5-7-12/h3-10H,2,11H2,1H3,(H,18,21). The summed E-state index contributed by atoms with van der Waals surface area (Å²) in [6, 6.07) is 14.3. The molecule has 0 radical (unpaired) electrons. The summed E-state index contributed by atoms with van der Waals surface area (Å²) in [6.07, 6.45) is 0. The molecule has 1 N–H and O–H groups in total. The number of likely N-dealkylation sites (N-methyl/N-ethyl adjacent to an activating group) is 1. The van der Waals surface area contributed by atoms with Gasteiger partial charge in [-0.15, -0.1) is 0 Å². The average molecular weight is 296 g/mol. The highest BCUT2D eigenvalue weighted by atomic mass is 16.5. The zero-order chi connectivity index (χ0) is 15.5. The lowest BCUT2D eigenvalue weighted by atomic mass is 10.2. The number of benzene rings is 2. The molecule has 2 aromatic carbocycles. The van der Waals surface area contributed by atoms with Crippen LogP contribution in [0.15, 0.2) is 48.5 Å². The van der Waals surface area contributed by atoms with Gasteiger partial charge in [0.05, 0.1) is 5.69 Å². The average Bonchev–Trinajstić information content (AvgIpc) is 2.55. The molecule has 1 aliphatic rings. The fourth-order valence-electron chi connectivity index (χ4n) is 2.42. The van der Waals surface area contributed by atoms with Gasteiger partial charge in [-0.25, -0.2) is 0 Å². The molecule has 0 unspecified atom stereocenters. The number of amides is 2. The summed E-state index contributed by atoms with van der Waals surface area (Å²) in [6.45, 7) is 2.52. The molecular formula is C17H16N2O3. The third-order valence-electron chi connectivity index (χ3n) is 3.51. The minimum Gasteiger partial charge on any atom is -0.482 e. The van der Waals surface area contributed by atoms with Crippen molar-refractivity contribution in [2.75, 3.05) is 23.4 Å². The molecule has 0 saturated carbocycles. The predicted octanol–water partition coefficient (Wildman–Crippen LogP) is 2.68. The van der Waals surface area contributed by atoms with Crippen LogP contribution in [0.3, 0.4) is 0 Å². The Kier molecular flexibility index (Phi) is 3.78. The van der Waals surface area contributed by atoms with Crippen molar-refractivity contribution >= 4 is 23.2 Å². The number of hydrogen-bond acceptors (Lipinski definition) is 3. The number of ether oxygens (including phenoxy) is 1. The van der Waals surface area contributed by atoms with E-state index in [-0.39, 0.29) is 18.4 Å². The van der Waals surface area contributed by atoms with Gasteiger partial charge in [0.1, 0.15) is 5.75 Å². The van der Waals surface area contributed by atoms with E-state index >= 15 is 0 Å². The van der Waals surface area contributed by atoms with Crippen LogP contribution < -0.4 is 15.0 Å². The third-order valence-corrected chi connectivity index (χ3v) is 3.51. The molecule has 0 atom stereocenters. The number of carbonyl (C=O) groups excluding carboxylic acids is 2. The zero-order valence-corrected chi connectivity index (χ0v) is 12.2. The lowest BCUT2D eigenvalue weighted by molar-refractivity contribution is -0.121. The second-order valence-corrected chi connectivity index (χ2v) is 4.93. The first-order valence-corrected chi connectivity index (χ1v) is 7.12. The van der Waals surface area contributed by atoms with Gasteiger partial charge in [-0.05, 0) is 37.3 Å². The summed E-state index contributed by atoms with van der Waals surface area (Å²) in [5.74, 6) is 0.382. The van der Waals surface area contributed by atoms with Crippen LogP contribution in [0.25, 0.3) is 0 Å². The van der Waals surface area contributed by atoms with Crippen LogP contribution in [0, 0.1) is 0 Å². The van der Waals surface area contributed by atoms with E-state index in [0.29, 0.717) is 29.2 Å². The minimum absolute atomic E-state index is 0.0521. The minimum atomic E-state index is -0.188. The van der Waals surface area contributed by atoms with E-state index in [9.17, 15) is 9.59 Å². The lowest BCUT2D eigenvalue weighted by Crippen LogP contribution is -2.38. The highest BCUT2D eigenvalue weighted by Gasteiger charge is 2.24. The zero-order valence-electron chi connectivity index (χ0n) is 12.2. The summed E-state index contributed by atoms with van der Waals surface area (Å²) in [5.41, 5.74) is 1.90. The Bertz CT molecular complexity index is 713. The van der Waals surface area contributed by atoms with E-state index in [4.69, 9.17) is 4.74 Å². The molecule has 5 heteroatoms. The first-order chi connectivity index (χ1) is 10.7. The number of anilines is 2. The Labute approximate surface area is 128 Å². The van der Waals surface area contributed by atoms with Crippen molar-refractivity contribution in [3.05, 3.63) is 54.1 Å². The molecule has 5 nitrogen and oxygen atoms in total. The lowest BCUT2D eigenvalue weighted by Gasteiger charge is -2.28. The number of fused-ring (bicyclic) bond motifs is 1. The van der Waals surface area contributed by atoms with Crippen LogP contribution in [0.4, 0.5) is 11.4 Å². The van der Waals surface area contributed by atoms with Crippen molar-refractivity contribution < 1.29 is 14.3 Å². The van der Waals surface area contributed by atoms with Gasteiger partial charge in [-0.3, -0.25) is 9.59 Å². The molecule has 1 heterocycles. The number of nitrogens with zero attached hydrogens (tertiary/aromatic N) is 1. The van der Waals surface area contributed by atoms with E-state index < -0.39 is 0 Å². The SMILES string of the molecule is CCN1C(=O)COc2ccc(NC(=O)c3ccccc3)cc21. The molecule has 22 heavy (non-hydrogen) atoms. The monoisotopic (exact) mass is 296 g/mol. The van der Waals surface area contributed by atoms with Crippen LogP contribution >= 0.6 is 0 Å². The quantitative estimate of drug-likeness (QED) is 0.947. The molecule has 0 aliphatic carbocycles. The Balaban J connectivity index is 1.86. The van der Waals surface area contributed by atoms with Gasteiger partial charge in [0.15, 0.2) is 6.61 Å². The maximum absolute atomic E-state index is 12.2. The summed E-state index contributed by atoms with van der Waals surface area (Å²) in [4.78, 5) is 25.7. The molecule has 1 aliphatic heterocycles. The maximum Gasteiger partial charge on any atom is 0.265 e. The van der Waals surface area contributed by atoms with E-state index in [0.717, 1.165) is 0 Å². The Morgan fingerprint density at radius 2 is 2.00 bits per heavy atom. The fraction of sp³-hybridized carbons (Fsp3) is 0.176. The molecule has 0 aromatic heterocycles. The molecule has 0 saturated heterocycles. The number of rotatable bonds is 3. The number of carbonyl (C=O) groups is 2. The normalized spacial score (nSPS) is 13.3. The second-order valence-electron chi connectivity index (χ2n) is 4.93. The summed E-state index contributed by atoms with van der Waals surface area (Å²) >= 11 is 0. The van der Waals surface area contributed by atoms with Crippen LogP contribution in [0.2, 0.25) is 0 Å². The van der Waals surface area contributed by atoms with E-state index in [1.165, 1.54) is 0 Å². The molecule has 3 rings (SSSR count). The molecule has 0 fully saturated rings. The first-order valence-electron chi connectivity index (χ1n) is 7.12. The van der Waals surface area contributed by atoms with Gasteiger partial charge in [-0.2, -0.15) is 0 Å². The molecule has 112 valence electrons. The maximum atomic E-state index is 12.2. The van der Waals surface area contributed by atoms with E-state index in [1.54, 1.807) is 35.2 Å². The van der Waals surface area contributed by atoms with Crippen molar-refractivity contribution in [2.45, 2.75) is 6.92 Å². The molecule has 2 aromatic rings. The largest absolute Gasteiger partial charge is 0.482 e. The number of hydrogen-bond donors (Lipinski definition) is 1. The second kappa shape index (κ2) is 5.89. The molecule has 2 amide bonds. The predicted molar refractivity (Wildman–Crippen MR) is 84.4 cm³/mol. The smallest absolute Gasteiger partial charge is 0.265 e. The van der Waals surface area contributed by atoms with Crippen molar-refractivity contribution in [1.82, 2.24) is 0 Å². The van der Waals surface area contributed by atoms with Crippen molar-refractivity contribution in [1.29, 1.82) is 0 Å². The highest BCUT2D eigenvalue weighted by Crippen LogP contribution is 2.34. The van der Waals surface area contributed by atoms with Gasteiger partial charge >= 0.3 is 0 Å². The molecule has 0 spiro atoms. The topological polar surface area (TPSA) is 58.6 Å².